The maximum Gasteiger partial charge on any atom is 0.322 e. The molecule has 1 N–H and O–H groups in total. The molecule has 0 aromatic heterocycles. The Bertz CT molecular complexity index is 736. The number of benzene rings is 2. The number of nitrogens with one attached hydrogen (secondary N) is 1. The standard InChI is InChI=1S/C20H25N3O3/c1-15(20(25)26-4)22(3)19(16-10-6-5-7-11-16)17-12-8-9-13-18(17)23(14-24)21-2/h5-15,19,21H,1-4H3/t15-,19?/m1/s1. The molecule has 2 rings (SSSR count). The van der Waals surface area contributed by atoms with Gasteiger partial charge >= 0.3 is 5.97 Å². The van der Waals surface area contributed by atoms with Gasteiger partial charge < -0.3 is 4.74 Å². The lowest BCUT2D eigenvalue weighted by molar-refractivity contribution is -0.146. The number of esters is 1. The van der Waals surface area contributed by atoms with Gasteiger partial charge in [-0.05, 0) is 31.2 Å². The Morgan fingerprint density at radius 3 is 2.31 bits per heavy atom. The highest BCUT2D eigenvalue weighted by atomic mass is 16.5. The predicted molar refractivity (Wildman–Crippen MR) is 102 cm³/mol. The number of carbonyl (C=O) groups excluding carboxylic acids is 2. The zero-order valence-electron chi connectivity index (χ0n) is 15.5. The summed E-state index contributed by atoms with van der Waals surface area (Å²) in [6.45, 7) is 1.81. The molecule has 0 spiro atoms. The van der Waals surface area contributed by atoms with Crippen molar-refractivity contribution in [2.45, 2.75) is 19.0 Å². The van der Waals surface area contributed by atoms with Crippen molar-refractivity contribution in [3.05, 3.63) is 65.7 Å². The number of hydrogen-bond donors (Lipinski definition) is 1. The van der Waals surface area contributed by atoms with E-state index in [4.69, 9.17) is 4.74 Å². The van der Waals surface area contributed by atoms with E-state index in [0.717, 1.165) is 23.2 Å². The van der Waals surface area contributed by atoms with Crippen molar-refractivity contribution in [2.75, 3.05) is 26.2 Å². The first-order valence-electron chi connectivity index (χ1n) is 8.40. The molecular formula is C20H25N3O3. The molecule has 2 aromatic rings. The molecule has 6 heteroatoms. The van der Waals surface area contributed by atoms with Gasteiger partial charge in [0.15, 0.2) is 0 Å². The maximum absolute atomic E-state index is 12.1. The van der Waals surface area contributed by atoms with E-state index in [1.807, 2.05) is 66.5 Å². The molecule has 0 heterocycles. The zero-order chi connectivity index (χ0) is 19.1. The molecule has 6 nitrogen and oxygen atoms in total. The van der Waals surface area contributed by atoms with Gasteiger partial charge in [-0.25, -0.2) is 10.4 Å². The Morgan fingerprint density at radius 2 is 1.73 bits per heavy atom. The van der Waals surface area contributed by atoms with Crippen LogP contribution in [0.4, 0.5) is 5.69 Å². The molecule has 0 aliphatic carbocycles. The molecule has 1 amide bonds. The largest absolute Gasteiger partial charge is 0.468 e. The van der Waals surface area contributed by atoms with Crippen molar-refractivity contribution in [1.82, 2.24) is 10.3 Å². The molecule has 0 fully saturated rings. The molecular weight excluding hydrogens is 330 g/mol. The number of amides is 1. The van der Waals surface area contributed by atoms with Crippen molar-refractivity contribution in [1.29, 1.82) is 0 Å². The van der Waals surface area contributed by atoms with Crippen LogP contribution < -0.4 is 10.4 Å². The minimum Gasteiger partial charge on any atom is -0.468 e. The Kier molecular flexibility index (Phi) is 6.89. The molecule has 0 saturated carbocycles. The number of para-hydroxylation sites is 1. The fourth-order valence-electron chi connectivity index (χ4n) is 3.00. The van der Waals surface area contributed by atoms with Crippen molar-refractivity contribution < 1.29 is 14.3 Å². The van der Waals surface area contributed by atoms with E-state index in [-0.39, 0.29) is 12.0 Å². The number of rotatable bonds is 8. The van der Waals surface area contributed by atoms with E-state index in [9.17, 15) is 9.59 Å². The zero-order valence-corrected chi connectivity index (χ0v) is 15.5. The monoisotopic (exact) mass is 355 g/mol. The van der Waals surface area contributed by atoms with Gasteiger partial charge in [-0.1, -0.05) is 48.5 Å². The van der Waals surface area contributed by atoms with Crippen LogP contribution >= 0.6 is 0 Å². The average Bonchev–Trinajstić information content (AvgIpc) is 2.69. The minimum atomic E-state index is -0.461. The lowest BCUT2D eigenvalue weighted by Crippen LogP contribution is -2.41. The van der Waals surface area contributed by atoms with Crippen LogP contribution in [0.3, 0.4) is 0 Å². The highest BCUT2D eigenvalue weighted by molar-refractivity contribution is 5.77. The van der Waals surface area contributed by atoms with Gasteiger partial charge in [-0.15, -0.1) is 0 Å². The molecule has 2 aromatic carbocycles. The second-order valence-corrected chi connectivity index (χ2v) is 5.94. The summed E-state index contributed by atoms with van der Waals surface area (Å²) in [5.74, 6) is -0.313. The molecule has 0 bridgehead atoms. The second-order valence-electron chi connectivity index (χ2n) is 5.94. The first kappa shape index (κ1) is 19.6. The average molecular weight is 355 g/mol. The summed E-state index contributed by atoms with van der Waals surface area (Å²) in [5.41, 5.74) is 5.51. The van der Waals surface area contributed by atoms with Crippen LogP contribution in [0.5, 0.6) is 0 Å². The van der Waals surface area contributed by atoms with Crippen LogP contribution in [0.15, 0.2) is 54.6 Å². The smallest absolute Gasteiger partial charge is 0.322 e. The van der Waals surface area contributed by atoms with Crippen molar-refractivity contribution in [3.63, 3.8) is 0 Å². The number of anilines is 1. The van der Waals surface area contributed by atoms with E-state index in [2.05, 4.69) is 5.43 Å². The van der Waals surface area contributed by atoms with Gasteiger partial charge in [0.05, 0.1) is 18.8 Å². The number of hydrogen-bond acceptors (Lipinski definition) is 5. The molecule has 0 saturated heterocycles. The maximum atomic E-state index is 12.1. The first-order chi connectivity index (χ1) is 12.5. The molecule has 26 heavy (non-hydrogen) atoms. The van der Waals surface area contributed by atoms with Gasteiger partial charge in [0.2, 0.25) is 6.41 Å². The van der Waals surface area contributed by atoms with Crippen LogP contribution in [-0.2, 0) is 14.3 Å². The number of likely N-dealkylation sites (N-methyl/N-ethyl adjacent to an activating group) is 1. The number of methoxy groups -OCH3 is 1. The molecule has 2 atom stereocenters. The lowest BCUT2D eigenvalue weighted by Gasteiger charge is -2.34. The molecule has 138 valence electrons. The van der Waals surface area contributed by atoms with Gasteiger partial charge in [-0.3, -0.25) is 14.5 Å². The van der Waals surface area contributed by atoms with Crippen LogP contribution in [0.2, 0.25) is 0 Å². The summed E-state index contributed by atoms with van der Waals surface area (Å²) in [6, 6.07) is 16.8. The van der Waals surface area contributed by atoms with Gasteiger partial charge in [0.25, 0.3) is 0 Å². The van der Waals surface area contributed by atoms with Crippen LogP contribution in [0.25, 0.3) is 0 Å². The van der Waals surface area contributed by atoms with Crippen molar-refractivity contribution in [2.24, 2.45) is 0 Å². The van der Waals surface area contributed by atoms with E-state index in [1.54, 1.807) is 14.0 Å². The van der Waals surface area contributed by atoms with E-state index < -0.39 is 6.04 Å². The summed E-state index contributed by atoms with van der Waals surface area (Å²) in [7, 11) is 4.94. The van der Waals surface area contributed by atoms with Gasteiger partial charge in [-0.2, -0.15) is 0 Å². The van der Waals surface area contributed by atoms with Crippen molar-refractivity contribution >= 4 is 18.1 Å². The third kappa shape index (κ3) is 4.09. The highest BCUT2D eigenvalue weighted by Gasteiger charge is 2.30. The lowest BCUT2D eigenvalue weighted by atomic mass is 9.94. The Morgan fingerprint density at radius 1 is 1.12 bits per heavy atom. The van der Waals surface area contributed by atoms with Crippen LogP contribution in [-0.4, -0.2) is 44.5 Å². The topological polar surface area (TPSA) is 61.9 Å². The summed E-state index contributed by atoms with van der Waals surface area (Å²) in [4.78, 5) is 25.5. The summed E-state index contributed by atoms with van der Waals surface area (Å²) in [5, 5.41) is 1.42. The van der Waals surface area contributed by atoms with E-state index in [0.29, 0.717) is 0 Å². The van der Waals surface area contributed by atoms with Crippen LogP contribution in [0, 0.1) is 0 Å². The van der Waals surface area contributed by atoms with E-state index in [1.165, 1.54) is 12.1 Å². The Labute approximate surface area is 154 Å². The highest BCUT2D eigenvalue weighted by Crippen LogP contribution is 2.35. The van der Waals surface area contributed by atoms with Gasteiger partial charge in [0, 0.05) is 7.05 Å². The first-order valence-corrected chi connectivity index (χ1v) is 8.40. The number of hydrazine groups is 1. The Balaban J connectivity index is 2.59. The molecule has 0 aliphatic rings. The summed E-state index contributed by atoms with van der Waals surface area (Å²) < 4.78 is 4.92. The molecule has 1 unspecified atom stereocenters. The SMILES string of the molecule is CNN(C=O)c1ccccc1C(c1ccccc1)N(C)[C@H](C)C(=O)OC. The third-order valence-corrected chi connectivity index (χ3v) is 4.51. The van der Waals surface area contributed by atoms with Crippen molar-refractivity contribution in [3.8, 4) is 0 Å². The summed E-state index contributed by atoms with van der Waals surface area (Å²) >= 11 is 0. The minimum absolute atomic E-state index is 0.239. The molecule has 0 aliphatic heterocycles. The third-order valence-electron chi connectivity index (χ3n) is 4.51. The fourth-order valence-corrected chi connectivity index (χ4v) is 3.00. The predicted octanol–water partition coefficient (Wildman–Crippen LogP) is 2.37. The normalized spacial score (nSPS) is 13.1. The number of ether oxygens (including phenoxy) is 1. The number of nitrogens with zero attached hydrogens (tertiary/aromatic N) is 2. The van der Waals surface area contributed by atoms with E-state index >= 15 is 0 Å². The number of carbonyl (C=O) groups is 2. The quantitative estimate of drug-likeness (QED) is 0.447. The van der Waals surface area contributed by atoms with Crippen LogP contribution in [0.1, 0.15) is 24.1 Å². The molecule has 0 radical (unpaired) electrons. The Hall–Kier alpha value is -2.70. The second kappa shape index (κ2) is 9.12. The fraction of sp³-hybridized carbons (Fsp3) is 0.300. The van der Waals surface area contributed by atoms with Gasteiger partial charge in [0.1, 0.15) is 6.04 Å². The summed E-state index contributed by atoms with van der Waals surface area (Å²) in [6.07, 6.45) is 0.727.